The van der Waals surface area contributed by atoms with Crippen LogP contribution in [0.5, 0.6) is 0 Å². The Kier molecular flexibility index (Phi) is 5.59. The van der Waals surface area contributed by atoms with Crippen LogP contribution in [0.3, 0.4) is 0 Å². The number of hydrogen-bond donors (Lipinski definition) is 2. The number of carbonyl (C=O) groups is 1. The summed E-state index contributed by atoms with van der Waals surface area (Å²) >= 11 is 5.32. The van der Waals surface area contributed by atoms with E-state index in [1.165, 1.54) is 10.9 Å². The van der Waals surface area contributed by atoms with Gasteiger partial charge in [0.1, 0.15) is 5.52 Å². The molecule has 6 heteroatoms. The van der Waals surface area contributed by atoms with Gasteiger partial charge in [-0.05, 0) is 77.4 Å². The Morgan fingerprint density at radius 1 is 0.939 bits per heavy atom. The molecule has 0 radical (unpaired) electrons. The van der Waals surface area contributed by atoms with E-state index in [4.69, 9.17) is 16.6 Å². The molecule has 1 aromatic heterocycles. The number of oxazole rings is 1. The van der Waals surface area contributed by atoms with Crippen molar-refractivity contribution in [2.45, 2.75) is 13.3 Å². The molecular formula is C27H21N3O2S. The van der Waals surface area contributed by atoms with Crippen LogP contribution in [-0.2, 0) is 6.42 Å². The third-order valence-electron chi connectivity index (χ3n) is 5.49. The van der Waals surface area contributed by atoms with Gasteiger partial charge in [-0.2, -0.15) is 0 Å². The molecule has 162 valence electrons. The van der Waals surface area contributed by atoms with Gasteiger partial charge >= 0.3 is 0 Å². The van der Waals surface area contributed by atoms with Gasteiger partial charge in [0, 0.05) is 16.8 Å². The first kappa shape index (κ1) is 20.8. The monoisotopic (exact) mass is 451 g/mol. The van der Waals surface area contributed by atoms with Crippen molar-refractivity contribution < 1.29 is 9.21 Å². The lowest BCUT2D eigenvalue weighted by Gasteiger charge is -2.09. The van der Waals surface area contributed by atoms with E-state index in [0.717, 1.165) is 17.4 Å². The smallest absolute Gasteiger partial charge is 0.257 e. The van der Waals surface area contributed by atoms with Crippen molar-refractivity contribution in [3.05, 3.63) is 96.1 Å². The summed E-state index contributed by atoms with van der Waals surface area (Å²) in [5.41, 5.74) is 4.74. The topological polar surface area (TPSA) is 67.2 Å². The highest BCUT2D eigenvalue weighted by Crippen LogP contribution is 2.28. The predicted molar refractivity (Wildman–Crippen MR) is 136 cm³/mol. The number of nitrogens with zero attached hydrogens (tertiary/aromatic N) is 1. The molecule has 5 rings (SSSR count). The van der Waals surface area contributed by atoms with Crippen molar-refractivity contribution in [1.29, 1.82) is 0 Å². The van der Waals surface area contributed by atoms with Crippen LogP contribution in [0.4, 0.5) is 5.69 Å². The molecule has 4 aromatic carbocycles. The second-order valence-electron chi connectivity index (χ2n) is 7.72. The number of hydrogen-bond acceptors (Lipinski definition) is 4. The maximum absolute atomic E-state index is 12.4. The Bertz CT molecular complexity index is 1490. The number of carbonyl (C=O) groups excluding carboxylic acids is 1. The Morgan fingerprint density at radius 2 is 1.73 bits per heavy atom. The van der Waals surface area contributed by atoms with Gasteiger partial charge < -0.3 is 9.73 Å². The highest BCUT2D eigenvalue weighted by Gasteiger charge is 2.11. The molecule has 0 aliphatic heterocycles. The second-order valence-corrected chi connectivity index (χ2v) is 8.13. The number of benzene rings is 4. The lowest BCUT2D eigenvalue weighted by atomic mass is 10.1. The minimum absolute atomic E-state index is 0.220. The van der Waals surface area contributed by atoms with Crippen LogP contribution in [0.15, 0.2) is 89.3 Å². The van der Waals surface area contributed by atoms with E-state index in [9.17, 15) is 4.79 Å². The first-order valence-corrected chi connectivity index (χ1v) is 11.1. The quantitative estimate of drug-likeness (QED) is 0.312. The molecule has 0 unspecified atom stereocenters. The summed E-state index contributed by atoms with van der Waals surface area (Å²) in [5, 5.41) is 8.28. The van der Waals surface area contributed by atoms with E-state index in [2.05, 4.69) is 46.8 Å². The first-order valence-electron chi connectivity index (χ1n) is 10.7. The lowest BCUT2D eigenvalue weighted by molar-refractivity contribution is 0.0977. The van der Waals surface area contributed by atoms with Gasteiger partial charge in [-0.25, -0.2) is 4.98 Å². The molecule has 0 spiro atoms. The Labute approximate surface area is 196 Å². The largest absolute Gasteiger partial charge is 0.436 e. The van der Waals surface area contributed by atoms with E-state index >= 15 is 0 Å². The fourth-order valence-electron chi connectivity index (χ4n) is 3.68. The van der Waals surface area contributed by atoms with Crippen molar-refractivity contribution in [3.63, 3.8) is 0 Å². The number of aromatic nitrogens is 1. The number of aryl methyl sites for hydroxylation is 1. The average molecular weight is 452 g/mol. The average Bonchev–Trinajstić information content (AvgIpc) is 3.27. The van der Waals surface area contributed by atoms with Gasteiger partial charge in [0.05, 0.1) is 0 Å². The van der Waals surface area contributed by atoms with Crippen LogP contribution in [-0.4, -0.2) is 16.0 Å². The highest BCUT2D eigenvalue weighted by atomic mass is 32.1. The number of amides is 1. The summed E-state index contributed by atoms with van der Waals surface area (Å²) in [6, 6.07) is 27.3. The summed E-state index contributed by atoms with van der Waals surface area (Å²) in [7, 11) is 0. The molecule has 5 aromatic rings. The van der Waals surface area contributed by atoms with Crippen LogP contribution in [0.2, 0.25) is 0 Å². The number of anilines is 1. The van der Waals surface area contributed by atoms with Gasteiger partial charge in [0.25, 0.3) is 5.91 Å². The van der Waals surface area contributed by atoms with E-state index < -0.39 is 0 Å². The third-order valence-corrected chi connectivity index (χ3v) is 5.70. The fraction of sp³-hybridized carbons (Fsp3) is 0.0741. The van der Waals surface area contributed by atoms with E-state index in [-0.39, 0.29) is 11.0 Å². The standard InChI is InChI=1S/C27H21N3O2S/c1-2-17-7-9-19(10-8-17)25(31)30-27(33)28-22-13-14-24-23(16-22)29-26(32-24)21-12-11-18-5-3-4-6-20(18)15-21/h3-16H,2H2,1H3,(H2,28,30,31,33). The summed E-state index contributed by atoms with van der Waals surface area (Å²) in [5.74, 6) is 0.301. The third kappa shape index (κ3) is 4.47. The Balaban J connectivity index is 1.31. The highest BCUT2D eigenvalue weighted by molar-refractivity contribution is 7.80. The molecule has 0 bridgehead atoms. The van der Waals surface area contributed by atoms with Crippen LogP contribution < -0.4 is 10.6 Å². The number of fused-ring (bicyclic) bond motifs is 2. The molecule has 0 saturated carbocycles. The molecule has 1 amide bonds. The molecule has 2 N–H and O–H groups in total. The molecule has 0 atom stereocenters. The first-order chi connectivity index (χ1) is 16.1. The summed E-state index contributed by atoms with van der Waals surface area (Å²) in [6.07, 6.45) is 0.926. The molecule has 0 saturated heterocycles. The molecule has 5 nitrogen and oxygen atoms in total. The Morgan fingerprint density at radius 3 is 2.52 bits per heavy atom. The van der Waals surface area contributed by atoms with Gasteiger partial charge in [-0.15, -0.1) is 0 Å². The van der Waals surface area contributed by atoms with Gasteiger partial charge in [-0.3, -0.25) is 10.1 Å². The van der Waals surface area contributed by atoms with Crippen LogP contribution >= 0.6 is 12.2 Å². The van der Waals surface area contributed by atoms with Crippen LogP contribution in [0.1, 0.15) is 22.8 Å². The second kappa shape index (κ2) is 8.84. The van der Waals surface area contributed by atoms with Crippen molar-refractivity contribution in [2.24, 2.45) is 0 Å². The van der Waals surface area contributed by atoms with Gasteiger partial charge in [0.15, 0.2) is 10.7 Å². The zero-order chi connectivity index (χ0) is 22.8. The van der Waals surface area contributed by atoms with Crippen molar-refractivity contribution >= 4 is 50.8 Å². The van der Waals surface area contributed by atoms with E-state index in [1.807, 2.05) is 48.5 Å². The summed E-state index contributed by atoms with van der Waals surface area (Å²) in [6.45, 7) is 2.07. The fourth-order valence-corrected chi connectivity index (χ4v) is 3.89. The molecule has 1 heterocycles. The number of nitrogens with one attached hydrogen (secondary N) is 2. The molecule has 33 heavy (non-hydrogen) atoms. The van der Waals surface area contributed by atoms with Crippen molar-refractivity contribution in [3.8, 4) is 11.5 Å². The molecule has 0 fully saturated rings. The zero-order valence-corrected chi connectivity index (χ0v) is 18.8. The maximum atomic E-state index is 12.4. The summed E-state index contributed by atoms with van der Waals surface area (Å²) in [4.78, 5) is 17.1. The maximum Gasteiger partial charge on any atom is 0.257 e. The zero-order valence-electron chi connectivity index (χ0n) is 18.0. The molecule has 0 aliphatic rings. The van der Waals surface area contributed by atoms with Crippen molar-refractivity contribution in [1.82, 2.24) is 10.3 Å². The molecular weight excluding hydrogens is 430 g/mol. The van der Waals surface area contributed by atoms with Gasteiger partial charge in [0.2, 0.25) is 5.89 Å². The molecule has 0 aliphatic carbocycles. The number of thiocarbonyl (C=S) groups is 1. The predicted octanol–water partition coefficient (Wildman–Crippen LogP) is 6.34. The van der Waals surface area contributed by atoms with Crippen LogP contribution in [0.25, 0.3) is 33.3 Å². The minimum Gasteiger partial charge on any atom is -0.436 e. The van der Waals surface area contributed by atoms with Crippen LogP contribution in [0, 0.1) is 0 Å². The number of rotatable bonds is 4. The lowest BCUT2D eigenvalue weighted by Crippen LogP contribution is -2.34. The van der Waals surface area contributed by atoms with Crippen molar-refractivity contribution in [2.75, 3.05) is 5.32 Å². The summed E-state index contributed by atoms with van der Waals surface area (Å²) < 4.78 is 5.96. The minimum atomic E-state index is -0.253. The van der Waals surface area contributed by atoms with Gasteiger partial charge in [-0.1, -0.05) is 49.4 Å². The Hall–Kier alpha value is -4.03. The SMILES string of the molecule is CCc1ccc(C(=O)NC(=S)Nc2ccc3oc(-c4ccc5ccccc5c4)nc3c2)cc1. The normalized spacial score (nSPS) is 10.9. The van der Waals surface area contributed by atoms with E-state index in [0.29, 0.717) is 28.2 Å². The van der Waals surface area contributed by atoms with E-state index in [1.54, 1.807) is 12.1 Å².